The lowest BCUT2D eigenvalue weighted by Gasteiger charge is -2.15. The minimum absolute atomic E-state index is 0.183. The highest BCUT2D eigenvalue weighted by Crippen LogP contribution is 2.14. The normalized spacial score (nSPS) is 13.8. The van der Waals surface area contributed by atoms with Crippen LogP contribution in [0.3, 0.4) is 0 Å². The number of carbonyl (C=O) groups is 3. The Bertz CT molecular complexity index is 1100. The molecule has 50 heavy (non-hydrogen) atoms. The molecule has 0 spiro atoms. The number of allylic oxidation sites excluding steroid dienone is 15. The molecule has 0 saturated carbocycles. The van der Waals surface area contributed by atoms with Gasteiger partial charge in [0.1, 0.15) is 12.1 Å². The molecule has 280 valence electrons. The highest BCUT2D eigenvalue weighted by atomic mass is 16.5. The number of ether oxygens (including phenoxy) is 1. The lowest BCUT2D eigenvalue weighted by atomic mass is 10.1. The molecule has 0 heterocycles. The van der Waals surface area contributed by atoms with Crippen LogP contribution in [0.2, 0.25) is 0 Å². The zero-order chi connectivity index (χ0) is 36.8. The maximum atomic E-state index is 12.6. The van der Waals surface area contributed by atoms with Crippen molar-refractivity contribution in [2.24, 2.45) is 5.73 Å². The van der Waals surface area contributed by atoms with E-state index >= 15 is 0 Å². The molecule has 0 saturated heterocycles. The summed E-state index contributed by atoms with van der Waals surface area (Å²) in [6, 6.07) is -0.877. The van der Waals surface area contributed by atoms with Crippen molar-refractivity contribution < 1.29 is 24.2 Å². The van der Waals surface area contributed by atoms with Gasteiger partial charge in [0.15, 0.2) is 0 Å². The number of carboxylic acid groups (broad SMARTS) is 1. The van der Waals surface area contributed by atoms with Gasteiger partial charge in [-0.1, -0.05) is 124 Å². The molecule has 0 radical (unpaired) electrons. The summed E-state index contributed by atoms with van der Waals surface area (Å²) in [5, 5.41) is 11.9. The van der Waals surface area contributed by atoms with Gasteiger partial charge >= 0.3 is 11.9 Å². The molecule has 0 bridgehead atoms. The summed E-state index contributed by atoms with van der Waals surface area (Å²) in [5.41, 5.74) is 5.47. The minimum atomic E-state index is -1.02. The van der Waals surface area contributed by atoms with Gasteiger partial charge < -0.3 is 20.9 Å². The summed E-state index contributed by atoms with van der Waals surface area (Å²) >= 11 is 0. The number of esters is 1. The Balaban J connectivity index is 4.63. The van der Waals surface area contributed by atoms with Crippen molar-refractivity contribution >= 4 is 17.8 Å². The molecule has 2 unspecified atom stereocenters. The number of amides is 1. The average molecular weight is 693 g/mol. The van der Waals surface area contributed by atoms with E-state index in [0.29, 0.717) is 45.1 Å². The van der Waals surface area contributed by atoms with Crippen LogP contribution in [-0.2, 0) is 19.1 Å². The summed E-state index contributed by atoms with van der Waals surface area (Å²) in [6.45, 7) is 4.67. The van der Waals surface area contributed by atoms with Crippen LogP contribution in [-0.4, -0.2) is 41.6 Å². The summed E-state index contributed by atoms with van der Waals surface area (Å²) in [4.78, 5) is 36.2. The highest BCUT2D eigenvalue weighted by molar-refractivity contribution is 5.83. The molecule has 1 amide bonds. The predicted molar refractivity (Wildman–Crippen MR) is 211 cm³/mol. The van der Waals surface area contributed by atoms with Crippen molar-refractivity contribution in [3.8, 4) is 0 Å². The van der Waals surface area contributed by atoms with Gasteiger partial charge in [0, 0.05) is 12.8 Å². The molecule has 0 aliphatic rings. The third kappa shape index (κ3) is 32.8. The summed E-state index contributed by atoms with van der Waals surface area (Å²) in [5.74, 6) is -1.44. The van der Waals surface area contributed by atoms with E-state index in [0.717, 1.165) is 83.5 Å². The van der Waals surface area contributed by atoms with Crippen LogP contribution in [0.15, 0.2) is 97.2 Å². The van der Waals surface area contributed by atoms with Crippen LogP contribution >= 0.6 is 0 Å². The van der Waals surface area contributed by atoms with E-state index in [2.05, 4.69) is 104 Å². The first-order chi connectivity index (χ1) is 24.4. The van der Waals surface area contributed by atoms with Crippen molar-refractivity contribution in [1.29, 1.82) is 0 Å². The Morgan fingerprint density at radius 2 is 1.08 bits per heavy atom. The molecule has 7 heteroatoms. The molecule has 0 aliphatic heterocycles. The maximum Gasteiger partial charge on any atom is 0.326 e. The first kappa shape index (κ1) is 46.3. The van der Waals surface area contributed by atoms with E-state index < -0.39 is 12.0 Å². The summed E-state index contributed by atoms with van der Waals surface area (Å²) in [6.07, 6.45) is 49.0. The highest BCUT2D eigenvalue weighted by Gasteiger charge is 2.18. The average Bonchev–Trinajstić information content (AvgIpc) is 3.10. The molecule has 0 fully saturated rings. The number of hydrogen-bond acceptors (Lipinski definition) is 5. The third-order valence-corrected chi connectivity index (χ3v) is 7.64. The van der Waals surface area contributed by atoms with Crippen molar-refractivity contribution in [2.75, 3.05) is 6.54 Å². The number of unbranched alkanes of at least 4 members (excludes halogenated alkanes) is 4. The van der Waals surface area contributed by atoms with Crippen molar-refractivity contribution in [3.05, 3.63) is 97.2 Å². The van der Waals surface area contributed by atoms with E-state index in [9.17, 15) is 19.5 Å². The standard InChI is InChI=1S/C43H68N2O5/c1-3-5-7-9-11-13-15-16-18-20-22-27-31-37-42(47)50-39(33-28-24-21-19-17-14-12-10-8-6-4-2)34-29-25-23-26-30-36-41(46)45-40(43(48)49)35-32-38-44/h5-8,11-14,16,18-19,21-22,27-28,33,39-40H,3-4,9-10,15,17,20,23-26,29-32,34-38,44H2,1-2H3,(H,45,46)(H,48,49)/b7-5-,8-6-,13-11-,14-12-,18-16-,21-19-,27-22-,33-28-. The van der Waals surface area contributed by atoms with Crippen LogP contribution in [0.5, 0.6) is 0 Å². The molecular weight excluding hydrogens is 624 g/mol. The molecule has 4 N–H and O–H groups in total. The summed E-state index contributed by atoms with van der Waals surface area (Å²) in [7, 11) is 0. The molecule has 0 rings (SSSR count). The number of rotatable bonds is 32. The lowest BCUT2D eigenvalue weighted by Crippen LogP contribution is -2.40. The molecule has 0 aromatic carbocycles. The number of hydrogen-bond donors (Lipinski definition) is 3. The van der Waals surface area contributed by atoms with E-state index in [1.807, 2.05) is 12.2 Å². The van der Waals surface area contributed by atoms with Crippen LogP contribution in [0.4, 0.5) is 0 Å². The number of aliphatic carboxylic acids is 1. The fraction of sp³-hybridized carbons (Fsp3) is 0.558. The second kappa shape index (κ2) is 36.6. The van der Waals surface area contributed by atoms with Gasteiger partial charge in [0.2, 0.25) is 5.91 Å². The molecular formula is C43H68N2O5. The second-order valence-electron chi connectivity index (χ2n) is 12.2. The van der Waals surface area contributed by atoms with Crippen LogP contribution in [0, 0.1) is 0 Å². The van der Waals surface area contributed by atoms with Gasteiger partial charge in [-0.2, -0.15) is 0 Å². The van der Waals surface area contributed by atoms with Gasteiger partial charge in [-0.05, 0) is 103 Å². The smallest absolute Gasteiger partial charge is 0.326 e. The van der Waals surface area contributed by atoms with Gasteiger partial charge in [0.25, 0.3) is 0 Å². The number of carbonyl (C=O) groups excluding carboxylic acids is 2. The van der Waals surface area contributed by atoms with E-state index in [1.54, 1.807) is 0 Å². The van der Waals surface area contributed by atoms with Crippen molar-refractivity contribution in [1.82, 2.24) is 5.32 Å². The van der Waals surface area contributed by atoms with Crippen LogP contribution in [0.25, 0.3) is 0 Å². The summed E-state index contributed by atoms with van der Waals surface area (Å²) < 4.78 is 5.86. The fourth-order valence-corrected chi connectivity index (χ4v) is 4.84. The number of nitrogens with two attached hydrogens (primary N) is 1. The Labute approximate surface area is 304 Å². The molecule has 0 aromatic heterocycles. The zero-order valence-corrected chi connectivity index (χ0v) is 31.2. The fourth-order valence-electron chi connectivity index (χ4n) is 4.84. The minimum Gasteiger partial charge on any atom is -0.480 e. The van der Waals surface area contributed by atoms with E-state index in [4.69, 9.17) is 10.5 Å². The molecule has 7 nitrogen and oxygen atoms in total. The maximum absolute atomic E-state index is 12.6. The Hall–Kier alpha value is -3.71. The Morgan fingerprint density at radius 3 is 1.60 bits per heavy atom. The van der Waals surface area contributed by atoms with Gasteiger partial charge in [0.05, 0.1) is 0 Å². The predicted octanol–water partition coefficient (Wildman–Crippen LogP) is 10.3. The van der Waals surface area contributed by atoms with Gasteiger partial charge in [-0.3, -0.25) is 9.59 Å². The van der Waals surface area contributed by atoms with Crippen LogP contribution in [0.1, 0.15) is 136 Å². The Morgan fingerprint density at radius 1 is 0.600 bits per heavy atom. The van der Waals surface area contributed by atoms with E-state index in [-0.39, 0.29) is 18.0 Å². The van der Waals surface area contributed by atoms with Gasteiger partial charge in [-0.25, -0.2) is 4.79 Å². The third-order valence-electron chi connectivity index (χ3n) is 7.64. The topological polar surface area (TPSA) is 119 Å². The SMILES string of the molecule is CC/C=C\C/C=C\C/C=C\C/C=C\CCC(=O)OC(/C=C\C/C=C\C/C=C\C/C=C\CC)CCCCCCCC(=O)NC(CCCN)C(=O)O. The first-order valence-corrected chi connectivity index (χ1v) is 19.1. The van der Waals surface area contributed by atoms with Crippen molar-refractivity contribution in [3.63, 3.8) is 0 Å². The van der Waals surface area contributed by atoms with Crippen LogP contribution < -0.4 is 11.1 Å². The second-order valence-corrected chi connectivity index (χ2v) is 12.2. The van der Waals surface area contributed by atoms with Gasteiger partial charge in [-0.15, -0.1) is 0 Å². The largest absolute Gasteiger partial charge is 0.480 e. The zero-order valence-electron chi connectivity index (χ0n) is 31.2. The molecule has 0 aromatic rings. The first-order valence-electron chi connectivity index (χ1n) is 19.1. The number of carboxylic acids is 1. The van der Waals surface area contributed by atoms with Crippen molar-refractivity contribution in [2.45, 2.75) is 148 Å². The quantitative estimate of drug-likeness (QED) is 0.0367. The lowest BCUT2D eigenvalue weighted by molar-refractivity contribution is -0.147. The monoisotopic (exact) mass is 693 g/mol. The Kier molecular flexibility index (Phi) is 33.9. The molecule has 0 aliphatic carbocycles. The van der Waals surface area contributed by atoms with E-state index in [1.165, 1.54) is 0 Å². The molecule has 2 atom stereocenters. The number of nitrogens with one attached hydrogen (secondary N) is 1.